The van der Waals surface area contributed by atoms with Gasteiger partial charge in [0.25, 0.3) is 5.91 Å². The zero-order valence-corrected chi connectivity index (χ0v) is 14.3. The van der Waals surface area contributed by atoms with Crippen LogP contribution in [0.3, 0.4) is 0 Å². The van der Waals surface area contributed by atoms with Crippen LogP contribution in [0.2, 0.25) is 0 Å². The lowest BCUT2D eigenvalue weighted by Gasteiger charge is -2.39. The van der Waals surface area contributed by atoms with Crippen molar-refractivity contribution in [1.29, 1.82) is 0 Å². The molecule has 1 spiro atoms. The third kappa shape index (κ3) is 2.70. The van der Waals surface area contributed by atoms with Gasteiger partial charge in [-0.2, -0.15) is 0 Å². The topological polar surface area (TPSA) is 61.5 Å². The summed E-state index contributed by atoms with van der Waals surface area (Å²) in [6.07, 6.45) is 4.58. The van der Waals surface area contributed by atoms with Crippen LogP contribution in [-0.2, 0) is 4.74 Å². The van der Waals surface area contributed by atoms with Gasteiger partial charge in [0, 0.05) is 24.7 Å². The minimum atomic E-state index is -0.0287. The monoisotopic (exact) mass is 328 g/mol. The highest BCUT2D eigenvalue weighted by Crippen LogP contribution is 2.37. The van der Waals surface area contributed by atoms with Crippen LogP contribution in [0.25, 0.3) is 11.0 Å². The molecule has 1 N–H and O–H groups in total. The molecule has 0 bridgehead atoms. The van der Waals surface area contributed by atoms with Gasteiger partial charge in [-0.05, 0) is 51.6 Å². The number of hydrogen-bond acceptors (Lipinski definition) is 4. The van der Waals surface area contributed by atoms with Gasteiger partial charge in [-0.3, -0.25) is 4.79 Å². The van der Waals surface area contributed by atoms with Crippen LogP contribution in [0, 0.1) is 0 Å². The van der Waals surface area contributed by atoms with Crippen molar-refractivity contribution < 1.29 is 9.53 Å². The number of nitrogens with one attached hydrogen (secondary N) is 1. The van der Waals surface area contributed by atoms with E-state index in [0.29, 0.717) is 6.04 Å². The zero-order valence-electron chi connectivity index (χ0n) is 14.3. The lowest BCUT2D eigenvalue weighted by atomic mass is 9.87. The van der Waals surface area contributed by atoms with Crippen molar-refractivity contribution in [3.63, 3.8) is 0 Å². The Bertz CT molecular complexity index is 746. The van der Waals surface area contributed by atoms with Gasteiger partial charge in [0.1, 0.15) is 0 Å². The Morgan fingerprint density at radius 2 is 2.17 bits per heavy atom. The highest BCUT2D eigenvalue weighted by atomic mass is 16.5. The first-order chi connectivity index (χ1) is 11.6. The summed E-state index contributed by atoms with van der Waals surface area (Å²) in [5.41, 5.74) is 2.49. The predicted octanol–water partition coefficient (Wildman–Crippen LogP) is 1.89. The average molecular weight is 328 g/mol. The molecule has 1 amide bonds. The van der Waals surface area contributed by atoms with Crippen molar-refractivity contribution in [3.8, 4) is 0 Å². The van der Waals surface area contributed by atoms with Gasteiger partial charge in [-0.15, -0.1) is 0 Å². The van der Waals surface area contributed by atoms with Crippen LogP contribution in [0.5, 0.6) is 0 Å². The van der Waals surface area contributed by atoms with E-state index in [4.69, 9.17) is 4.74 Å². The number of hydrogen-bond donors (Lipinski definition) is 1. The molecule has 4 rings (SSSR count). The summed E-state index contributed by atoms with van der Waals surface area (Å²) in [5, 5.41) is 0. The second-order valence-corrected chi connectivity index (χ2v) is 7.24. The summed E-state index contributed by atoms with van der Waals surface area (Å²) >= 11 is 0. The number of rotatable bonds is 2. The number of ether oxygens (including phenoxy) is 1. The first kappa shape index (κ1) is 15.6. The molecule has 1 aromatic carbocycles. The van der Waals surface area contributed by atoms with Crippen molar-refractivity contribution in [2.75, 3.05) is 33.8 Å². The molecule has 3 heterocycles. The van der Waals surface area contributed by atoms with Crippen LogP contribution in [0.4, 0.5) is 0 Å². The number of piperidine rings is 1. The molecule has 2 fully saturated rings. The molecule has 2 aliphatic rings. The molecule has 2 aliphatic heterocycles. The molecule has 1 aromatic heterocycles. The summed E-state index contributed by atoms with van der Waals surface area (Å²) in [6, 6.07) is 6.15. The fraction of sp³-hybridized carbons (Fsp3) is 0.556. The fourth-order valence-corrected chi connectivity index (χ4v) is 3.87. The minimum absolute atomic E-state index is 0.0287. The van der Waals surface area contributed by atoms with Crippen molar-refractivity contribution in [3.05, 3.63) is 30.1 Å². The number of carbonyl (C=O) groups is 1. The van der Waals surface area contributed by atoms with Gasteiger partial charge >= 0.3 is 0 Å². The molecule has 1 unspecified atom stereocenters. The number of likely N-dealkylation sites (tertiary alicyclic amines) is 1. The third-order valence-electron chi connectivity index (χ3n) is 5.55. The van der Waals surface area contributed by atoms with Crippen molar-refractivity contribution >= 4 is 16.9 Å². The molecule has 2 saturated heterocycles. The molecule has 2 aromatic rings. The number of amides is 1. The predicted molar refractivity (Wildman–Crippen MR) is 92.0 cm³/mol. The van der Waals surface area contributed by atoms with Crippen molar-refractivity contribution in [2.24, 2.45) is 0 Å². The van der Waals surface area contributed by atoms with Gasteiger partial charge in [0.2, 0.25) is 0 Å². The van der Waals surface area contributed by atoms with Gasteiger partial charge in [-0.1, -0.05) is 0 Å². The second kappa shape index (κ2) is 5.86. The minimum Gasteiger partial charge on any atom is -0.373 e. The Morgan fingerprint density at radius 3 is 2.88 bits per heavy atom. The molecular weight excluding hydrogens is 304 g/mol. The normalized spacial score (nSPS) is 23.5. The molecule has 6 nitrogen and oxygen atoms in total. The largest absolute Gasteiger partial charge is 0.373 e. The number of aromatic nitrogens is 2. The van der Waals surface area contributed by atoms with E-state index in [9.17, 15) is 4.79 Å². The molecule has 1 atom stereocenters. The maximum Gasteiger partial charge on any atom is 0.253 e. The maximum absolute atomic E-state index is 12.8. The first-order valence-electron chi connectivity index (χ1n) is 8.59. The standard InChI is InChI=1S/C18H24N4O2/c1-21(2)14-10-18(24-11-14)5-7-22(8-6-18)17(23)13-3-4-15-16(9-13)20-12-19-15/h3-4,9,12,14H,5-8,10-11H2,1-2H3,(H,19,20). The van der Waals surface area contributed by atoms with Crippen molar-refractivity contribution in [2.45, 2.75) is 30.9 Å². The number of imidazole rings is 1. The number of aromatic amines is 1. The number of fused-ring (bicyclic) bond motifs is 1. The molecule has 0 aliphatic carbocycles. The van der Waals surface area contributed by atoms with E-state index in [1.54, 1.807) is 6.33 Å². The Balaban J connectivity index is 1.43. The summed E-state index contributed by atoms with van der Waals surface area (Å²) in [4.78, 5) is 24.2. The highest BCUT2D eigenvalue weighted by Gasteiger charge is 2.44. The molecule has 6 heteroatoms. The van der Waals surface area contributed by atoms with E-state index in [2.05, 4.69) is 29.0 Å². The Kier molecular flexibility index (Phi) is 3.81. The number of nitrogens with zero attached hydrogens (tertiary/aromatic N) is 3. The lowest BCUT2D eigenvalue weighted by molar-refractivity contribution is -0.0392. The van der Waals surface area contributed by atoms with Crippen LogP contribution in [0.15, 0.2) is 24.5 Å². The fourth-order valence-electron chi connectivity index (χ4n) is 3.87. The Labute approximate surface area is 141 Å². The number of H-pyrrole nitrogens is 1. The van der Waals surface area contributed by atoms with E-state index in [-0.39, 0.29) is 11.5 Å². The van der Waals surface area contributed by atoms with Crippen LogP contribution in [0.1, 0.15) is 29.6 Å². The molecule has 0 radical (unpaired) electrons. The van der Waals surface area contributed by atoms with E-state index in [1.807, 2.05) is 23.1 Å². The highest BCUT2D eigenvalue weighted by molar-refractivity contribution is 5.97. The van der Waals surface area contributed by atoms with Gasteiger partial charge < -0.3 is 19.5 Å². The number of benzene rings is 1. The third-order valence-corrected chi connectivity index (χ3v) is 5.55. The SMILES string of the molecule is CN(C)C1COC2(CCN(C(=O)c3ccc4nc[nH]c4c3)CC2)C1. The molecule has 0 saturated carbocycles. The van der Waals surface area contributed by atoms with Gasteiger partial charge in [-0.25, -0.2) is 4.98 Å². The molecule has 128 valence electrons. The van der Waals surface area contributed by atoms with E-state index in [1.165, 1.54) is 0 Å². The lowest BCUT2D eigenvalue weighted by Crippen LogP contribution is -2.46. The van der Waals surface area contributed by atoms with E-state index >= 15 is 0 Å². The number of carbonyl (C=O) groups excluding carboxylic acids is 1. The van der Waals surface area contributed by atoms with Crippen LogP contribution < -0.4 is 0 Å². The Hall–Kier alpha value is -1.92. The summed E-state index contributed by atoms with van der Waals surface area (Å²) in [5.74, 6) is 0.100. The zero-order chi connectivity index (χ0) is 16.7. The summed E-state index contributed by atoms with van der Waals surface area (Å²) < 4.78 is 6.14. The molecule has 24 heavy (non-hydrogen) atoms. The van der Waals surface area contributed by atoms with Crippen LogP contribution in [-0.4, -0.2) is 71.1 Å². The van der Waals surface area contributed by atoms with Gasteiger partial charge in [0.15, 0.2) is 0 Å². The first-order valence-corrected chi connectivity index (χ1v) is 8.59. The van der Waals surface area contributed by atoms with Crippen molar-refractivity contribution in [1.82, 2.24) is 19.8 Å². The molecular formula is C18H24N4O2. The summed E-state index contributed by atoms with van der Waals surface area (Å²) in [7, 11) is 4.22. The van der Waals surface area contributed by atoms with Crippen LogP contribution >= 0.6 is 0 Å². The van der Waals surface area contributed by atoms with Gasteiger partial charge in [0.05, 0.1) is 29.6 Å². The number of likely N-dealkylation sites (N-methyl/N-ethyl adjacent to an activating group) is 1. The maximum atomic E-state index is 12.8. The van der Waals surface area contributed by atoms with E-state index < -0.39 is 0 Å². The Morgan fingerprint density at radius 1 is 1.38 bits per heavy atom. The smallest absolute Gasteiger partial charge is 0.253 e. The summed E-state index contributed by atoms with van der Waals surface area (Å²) in [6.45, 7) is 2.33. The van der Waals surface area contributed by atoms with E-state index in [0.717, 1.165) is 55.6 Å². The average Bonchev–Trinajstić information content (AvgIpc) is 3.21. The quantitative estimate of drug-likeness (QED) is 0.914. The second-order valence-electron chi connectivity index (χ2n) is 7.24.